The van der Waals surface area contributed by atoms with Gasteiger partial charge in [0, 0.05) is 39.0 Å². The third-order valence-corrected chi connectivity index (χ3v) is 7.18. The summed E-state index contributed by atoms with van der Waals surface area (Å²) >= 11 is 0. The fraction of sp³-hybridized carbons (Fsp3) is 0.667. The first kappa shape index (κ1) is 21.3. The minimum Gasteiger partial charge on any atom is -0.383 e. The van der Waals surface area contributed by atoms with Gasteiger partial charge in [-0.15, -0.1) is 0 Å². The van der Waals surface area contributed by atoms with Gasteiger partial charge >= 0.3 is 0 Å². The van der Waals surface area contributed by atoms with Crippen LogP contribution in [0, 0.1) is 0 Å². The van der Waals surface area contributed by atoms with E-state index in [2.05, 4.69) is 4.90 Å². The third-order valence-electron chi connectivity index (χ3n) is 7.18. The summed E-state index contributed by atoms with van der Waals surface area (Å²) in [7, 11) is 0. The molecule has 4 rings (SSSR count). The summed E-state index contributed by atoms with van der Waals surface area (Å²) in [5, 5.41) is 11.7. The van der Waals surface area contributed by atoms with Gasteiger partial charge in [-0.2, -0.15) is 0 Å². The van der Waals surface area contributed by atoms with E-state index >= 15 is 0 Å². The Morgan fingerprint density at radius 3 is 2.50 bits per heavy atom. The van der Waals surface area contributed by atoms with Crippen molar-refractivity contribution in [2.45, 2.75) is 63.0 Å². The van der Waals surface area contributed by atoms with Crippen molar-refractivity contribution in [1.29, 1.82) is 0 Å². The molecule has 6 heteroatoms. The van der Waals surface area contributed by atoms with Gasteiger partial charge in [-0.1, -0.05) is 36.8 Å². The number of hydrogen-bond donors (Lipinski definition) is 1. The lowest BCUT2D eigenvalue weighted by atomic mass is 9.79. The zero-order chi connectivity index (χ0) is 21.0. The molecule has 0 bridgehead atoms. The van der Waals surface area contributed by atoms with E-state index in [1.165, 1.54) is 0 Å². The summed E-state index contributed by atoms with van der Waals surface area (Å²) in [5.41, 5.74) is 0.0209. The van der Waals surface area contributed by atoms with Gasteiger partial charge in [0.15, 0.2) is 0 Å². The van der Waals surface area contributed by atoms with Crippen LogP contribution in [0.15, 0.2) is 30.3 Å². The second-order valence-corrected chi connectivity index (χ2v) is 9.08. The number of nitrogens with zero attached hydrogens (tertiary/aromatic N) is 3. The lowest BCUT2D eigenvalue weighted by Gasteiger charge is -2.48. The number of amides is 2. The fourth-order valence-electron chi connectivity index (χ4n) is 5.35. The largest absolute Gasteiger partial charge is 0.383 e. The van der Waals surface area contributed by atoms with E-state index in [4.69, 9.17) is 0 Å². The summed E-state index contributed by atoms with van der Waals surface area (Å²) in [4.78, 5) is 31.4. The molecule has 0 aliphatic carbocycles. The summed E-state index contributed by atoms with van der Waals surface area (Å²) < 4.78 is 0. The number of rotatable bonds is 5. The molecular weight excluding hydrogens is 378 g/mol. The predicted molar refractivity (Wildman–Crippen MR) is 116 cm³/mol. The van der Waals surface area contributed by atoms with E-state index in [1.54, 1.807) is 0 Å². The van der Waals surface area contributed by atoms with E-state index in [9.17, 15) is 14.7 Å². The Hall–Kier alpha value is -1.92. The summed E-state index contributed by atoms with van der Waals surface area (Å²) in [6.45, 7) is 4.36. The highest BCUT2D eigenvalue weighted by atomic mass is 16.3. The average Bonchev–Trinajstić information content (AvgIpc) is 3.22. The van der Waals surface area contributed by atoms with Gasteiger partial charge in [0.1, 0.15) is 5.60 Å². The van der Waals surface area contributed by atoms with Crippen molar-refractivity contribution in [3.05, 3.63) is 35.9 Å². The Bertz CT molecular complexity index is 734. The molecular formula is C24H35N3O3. The molecule has 1 N–H and O–H groups in total. The van der Waals surface area contributed by atoms with Gasteiger partial charge in [-0.05, 0) is 50.8 Å². The zero-order valence-electron chi connectivity index (χ0n) is 18.0. The minimum absolute atomic E-state index is 0.0834. The van der Waals surface area contributed by atoms with Crippen LogP contribution in [0.5, 0.6) is 0 Å². The van der Waals surface area contributed by atoms with Crippen LogP contribution in [0.2, 0.25) is 0 Å². The van der Waals surface area contributed by atoms with Gasteiger partial charge < -0.3 is 14.9 Å². The molecule has 164 valence electrons. The van der Waals surface area contributed by atoms with Crippen LogP contribution in [-0.2, 0) is 15.2 Å². The highest BCUT2D eigenvalue weighted by Crippen LogP contribution is 2.37. The first-order valence-electron chi connectivity index (χ1n) is 11.7. The molecule has 3 saturated heterocycles. The first-order chi connectivity index (χ1) is 14.6. The number of aliphatic hydroxyl groups is 1. The highest BCUT2D eigenvalue weighted by molar-refractivity contribution is 5.79. The van der Waals surface area contributed by atoms with Crippen molar-refractivity contribution in [1.82, 2.24) is 14.7 Å². The topological polar surface area (TPSA) is 64.1 Å². The minimum atomic E-state index is -0.927. The monoisotopic (exact) mass is 413 g/mol. The standard InChI is InChI=1S/C24H35N3O3/c28-22-11-5-2-6-16-26(22)17-12-23(29)27-18-13-24(30,20-9-3-1-4-10-20)21(19-27)25-14-7-8-15-25/h1,3-4,9-10,21,30H,2,5-8,11-19H2/t21-,24+/m1/s1. The lowest BCUT2D eigenvalue weighted by Crippen LogP contribution is -2.61. The van der Waals surface area contributed by atoms with Crippen LogP contribution in [0.4, 0.5) is 0 Å². The maximum Gasteiger partial charge on any atom is 0.224 e. The smallest absolute Gasteiger partial charge is 0.224 e. The molecule has 2 atom stereocenters. The van der Waals surface area contributed by atoms with Crippen molar-refractivity contribution in [3.8, 4) is 0 Å². The Morgan fingerprint density at radius 1 is 1.00 bits per heavy atom. The Balaban J connectivity index is 1.43. The molecule has 0 spiro atoms. The maximum atomic E-state index is 13.0. The number of carbonyl (C=O) groups excluding carboxylic acids is 2. The SMILES string of the molecule is O=C1CCCCCN1CCC(=O)N1CC[C@](O)(c2ccccc2)[C@H](N2CCCC2)C1. The number of hydrogen-bond acceptors (Lipinski definition) is 4. The molecule has 1 aromatic carbocycles. The van der Waals surface area contributed by atoms with Crippen LogP contribution in [-0.4, -0.2) is 76.9 Å². The van der Waals surface area contributed by atoms with E-state index in [-0.39, 0.29) is 17.9 Å². The van der Waals surface area contributed by atoms with Gasteiger partial charge in [0.05, 0.1) is 6.04 Å². The number of likely N-dealkylation sites (tertiary alicyclic amines) is 3. The summed E-state index contributed by atoms with van der Waals surface area (Å²) in [6, 6.07) is 9.85. The Kier molecular flexibility index (Phi) is 6.74. The molecule has 0 radical (unpaired) electrons. The summed E-state index contributed by atoms with van der Waals surface area (Å²) in [6.07, 6.45) is 6.92. The molecule has 30 heavy (non-hydrogen) atoms. The molecule has 3 fully saturated rings. The van der Waals surface area contributed by atoms with E-state index in [0.717, 1.165) is 57.3 Å². The van der Waals surface area contributed by atoms with Crippen molar-refractivity contribution < 1.29 is 14.7 Å². The van der Waals surface area contributed by atoms with E-state index in [0.29, 0.717) is 38.9 Å². The Labute approximate surface area is 179 Å². The van der Waals surface area contributed by atoms with Gasteiger partial charge in [0.2, 0.25) is 11.8 Å². The van der Waals surface area contributed by atoms with Gasteiger partial charge in [-0.3, -0.25) is 14.5 Å². The molecule has 3 heterocycles. The van der Waals surface area contributed by atoms with Crippen molar-refractivity contribution in [2.75, 3.05) is 39.3 Å². The molecule has 1 aromatic rings. The van der Waals surface area contributed by atoms with Crippen LogP contribution in [0.3, 0.4) is 0 Å². The highest BCUT2D eigenvalue weighted by Gasteiger charge is 2.47. The van der Waals surface area contributed by atoms with Crippen LogP contribution >= 0.6 is 0 Å². The normalized spacial score (nSPS) is 28.6. The number of piperidine rings is 1. The maximum absolute atomic E-state index is 13.0. The second kappa shape index (κ2) is 9.48. The zero-order valence-corrected chi connectivity index (χ0v) is 18.0. The van der Waals surface area contributed by atoms with Crippen molar-refractivity contribution in [2.24, 2.45) is 0 Å². The molecule has 6 nitrogen and oxygen atoms in total. The molecule has 0 unspecified atom stereocenters. The fourth-order valence-corrected chi connectivity index (χ4v) is 5.35. The second-order valence-electron chi connectivity index (χ2n) is 9.08. The Morgan fingerprint density at radius 2 is 1.73 bits per heavy atom. The molecule has 0 aromatic heterocycles. The molecule has 3 aliphatic rings. The van der Waals surface area contributed by atoms with Crippen molar-refractivity contribution >= 4 is 11.8 Å². The lowest BCUT2D eigenvalue weighted by molar-refractivity contribution is -0.143. The van der Waals surface area contributed by atoms with Crippen LogP contribution in [0.1, 0.15) is 56.9 Å². The molecule has 3 aliphatic heterocycles. The summed E-state index contributed by atoms with van der Waals surface area (Å²) in [5.74, 6) is 0.290. The van der Waals surface area contributed by atoms with Crippen LogP contribution < -0.4 is 0 Å². The molecule has 2 amide bonds. The van der Waals surface area contributed by atoms with E-state index < -0.39 is 5.60 Å². The van der Waals surface area contributed by atoms with Crippen molar-refractivity contribution in [3.63, 3.8) is 0 Å². The quantitative estimate of drug-likeness (QED) is 0.805. The average molecular weight is 414 g/mol. The van der Waals surface area contributed by atoms with E-state index in [1.807, 2.05) is 40.1 Å². The molecule has 0 saturated carbocycles. The number of carbonyl (C=O) groups is 2. The predicted octanol–water partition coefficient (Wildman–Crippen LogP) is 2.36. The third kappa shape index (κ3) is 4.54. The van der Waals surface area contributed by atoms with Gasteiger partial charge in [-0.25, -0.2) is 0 Å². The first-order valence-corrected chi connectivity index (χ1v) is 11.7. The van der Waals surface area contributed by atoms with Crippen LogP contribution in [0.25, 0.3) is 0 Å². The van der Waals surface area contributed by atoms with Gasteiger partial charge in [0.25, 0.3) is 0 Å². The number of benzene rings is 1.